The lowest BCUT2D eigenvalue weighted by Crippen LogP contribution is -2.43. The van der Waals surface area contributed by atoms with Gasteiger partial charge in [0.2, 0.25) is 0 Å². The van der Waals surface area contributed by atoms with Crippen LogP contribution in [0, 0.1) is 12.1 Å². The summed E-state index contributed by atoms with van der Waals surface area (Å²) in [6, 6.07) is 7.44. The van der Waals surface area contributed by atoms with Crippen LogP contribution in [0.3, 0.4) is 0 Å². The zero-order valence-corrected chi connectivity index (χ0v) is 19.9. The van der Waals surface area contributed by atoms with Crippen molar-refractivity contribution in [1.82, 2.24) is 9.80 Å². The Morgan fingerprint density at radius 1 is 1.10 bits per heavy atom. The predicted octanol–water partition coefficient (Wildman–Crippen LogP) is 4.82. The van der Waals surface area contributed by atoms with Gasteiger partial charge in [-0.15, -0.1) is 36.2 Å². The fraction of sp³-hybridized carbons (Fsp3) is 0.591. The summed E-state index contributed by atoms with van der Waals surface area (Å²) in [5, 5.41) is 12.2. The van der Waals surface area contributed by atoms with Crippen LogP contribution in [0.5, 0.6) is 0 Å². The van der Waals surface area contributed by atoms with Crippen LogP contribution in [0.2, 0.25) is 0 Å². The Hall–Kier alpha value is -0.850. The molecule has 4 rings (SSSR count). The third kappa shape index (κ3) is 5.65. The number of thiophene rings is 1. The lowest BCUT2D eigenvalue weighted by atomic mass is 10.0. The molecule has 162 valence electrons. The summed E-state index contributed by atoms with van der Waals surface area (Å²) in [4.78, 5) is 7.94. The highest BCUT2D eigenvalue weighted by atomic mass is 35.5. The lowest BCUT2D eigenvalue weighted by Gasteiger charge is -2.36. The van der Waals surface area contributed by atoms with Gasteiger partial charge in [-0.3, -0.25) is 4.90 Å². The van der Waals surface area contributed by atoms with Crippen molar-refractivity contribution in [2.24, 2.45) is 0 Å². The van der Waals surface area contributed by atoms with Gasteiger partial charge in [0.05, 0.1) is 5.56 Å². The van der Waals surface area contributed by atoms with E-state index in [0.717, 1.165) is 40.6 Å². The highest BCUT2D eigenvalue weighted by molar-refractivity contribution is 7.15. The second-order valence-corrected chi connectivity index (χ2v) is 9.21. The number of likely N-dealkylation sites (tertiary alicyclic amines) is 2. The number of pyridine rings is 1. The summed E-state index contributed by atoms with van der Waals surface area (Å²) in [6.07, 6.45) is 8.00. The molecule has 0 amide bonds. The standard InChI is InChI=1S/C22H31N3OS.2ClH/c1-3-18-14-21(17(2)25(26)15-18)22-7-6-20(27-22)16-23-12-8-19(9-13-23)24-10-4-5-11-24;;/h6-7,14-15,19H,3-5,8-13,16H2,1-2H3;2*1H. The Morgan fingerprint density at radius 3 is 2.45 bits per heavy atom. The number of halogens is 2. The smallest absolute Gasteiger partial charge is 0.198 e. The molecular formula is C22H33Cl2N3OS. The van der Waals surface area contributed by atoms with E-state index in [1.807, 2.05) is 18.3 Å². The van der Waals surface area contributed by atoms with Crippen molar-refractivity contribution in [1.29, 1.82) is 0 Å². The molecule has 2 aliphatic rings. The van der Waals surface area contributed by atoms with Gasteiger partial charge in [-0.25, -0.2) is 0 Å². The molecule has 2 aliphatic heterocycles. The Labute approximate surface area is 191 Å². The van der Waals surface area contributed by atoms with Crippen molar-refractivity contribution in [2.75, 3.05) is 26.2 Å². The molecule has 0 atom stereocenters. The molecule has 2 aromatic heterocycles. The molecule has 29 heavy (non-hydrogen) atoms. The first-order valence-electron chi connectivity index (χ1n) is 10.4. The highest BCUT2D eigenvalue weighted by Crippen LogP contribution is 2.31. The number of hydrogen-bond acceptors (Lipinski definition) is 4. The van der Waals surface area contributed by atoms with Gasteiger partial charge < -0.3 is 10.1 Å². The Balaban J connectivity index is 0.00000150. The van der Waals surface area contributed by atoms with Gasteiger partial charge in [-0.05, 0) is 63.4 Å². The van der Waals surface area contributed by atoms with Gasteiger partial charge in [-0.1, -0.05) is 6.92 Å². The number of nitrogens with zero attached hydrogens (tertiary/aromatic N) is 3. The fourth-order valence-corrected chi connectivity index (χ4v) is 5.63. The van der Waals surface area contributed by atoms with Crippen LogP contribution >= 0.6 is 36.2 Å². The maximum atomic E-state index is 12.2. The van der Waals surface area contributed by atoms with Gasteiger partial charge in [0.25, 0.3) is 0 Å². The van der Waals surface area contributed by atoms with Gasteiger partial charge in [0.1, 0.15) is 0 Å². The van der Waals surface area contributed by atoms with E-state index in [2.05, 4.69) is 34.9 Å². The van der Waals surface area contributed by atoms with Crippen LogP contribution in [0.4, 0.5) is 0 Å². The third-order valence-corrected chi connectivity index (χ3v) is 7.37. The van der Waals surface area contributed by atoms with E-state index < -0.39 is 0 Å². The normalized spacial score (nSPS) is 18.4. The summed E-state index contributed by atoms with van der Waals surface area (Å²) >= 11 is 1.84. The van der Waals surface area contributed by atoms with E-state index in [-0.39, 0.29) is 24.8 Å². The fourth-order valence-electron chi connectivity index (χ4n) is 4.51. The van der Waals surface area contributed by atoms with E-state index in [1.165, 1.54) is 61.6 Å². The summed E-state index contributed by atoms with van der Waals surface area (Å²) in [5.41, 5.74) is 2.99. The van der Waals surface area contributed by atoms with E-state index in [9.17, 15) is 5.21 Å². The SMILES string of the molecule is CCc1cc(-c2ccc(CN3CCC(N4CCCC4)CC3)s2)c(C)[n+]([O-])c1.Cl.Cl. The number of hydrogen-bond donors (Lipinski definition) is 0. The van der Waals surface area contributed by atoms with Gasteiger partial charge in [-0.2, -0.15) is 4.73 Å². The van der Waals surface area contributed by atoms with Crippen molar-refractivity contribution in [3.63, 3.8) is 0 Å². The Morgan fingerprint density at radius 2 is 1.79 bits per heavy atom. The maximum absolute atomic E-state index is 12.2. The topological polar surface area (TPSA) is 33.4 Å². The number of piperidine rings is 1. The molecule has 0 saturated carbocycles. The number of rotatable bonds is 5. The maximum Gasteiger partial charge on any atom is 0.198 e. The predicted molar refractivity (Wildman–Crippen MR) is 126 cm³/mol. The second-order valence-electron chi connectivity index (χ2n) is 8.04. The van der Waals surface area contributed by atoms with E-state index >= 15 is 0 Å². The Kier molecular flexibility index (Phi) is 9.23. The molecule has 2 saturated heterocycles. The van der Waals surface area contributed by atoms with Crippen LogP contribution in [0.1, 0.15) is 48.7 Å². The summed E-state index contributed by atoms with van der Waals surface area (Å²) in [5.74, 6) is 0. The molecule has 0 unspecified atom stereocenters. The van der Waals surface area contributed by atoms with Gasteiger partial charge in [0.15, 0.2) is 11.9 Å². The molecule has 0 spiro atoms. The first-order chi connectivity index (χ1) is 13.1. The minimum Gasteiger partial charge on any atom is -0.618 e. The van der Waals surface area contributed by atoms with E-state index in [0.29, 0.717) is 0 Å². The Bertz CT molecular complexity index is 784. The van der Waals surface area contributed by atoms with Gasteiger partial charge >= 0.3 is 0 Å². The quantitative estimate of drug-likeness (QED) is 0.476. The van der Waals surface area contributed by atoms with E-state index in [1.54, 1.807) is 6.20 Å². The van der Waals surface area contributed by atoms with Crippen molar-refractivity contribution in [3.05, 3.63) is 45.7 Å². The number of aromatic nitrogens is 1. The molecule has 4 nitrogen and oxygen atoms in total. The molecule has 0 bridgehead atoms. The molecule has 7 heteroatoms. The first kappa shape index (κ1) is 24.4. The van der Waals surface area contributed by atoms with Crippen LogP contribution < -0.4 is 4.73 Å². The van der Waals surface area contributed by atoms with Crippen LogP contribution in [-0.2, 0) is 13.0 Å². The summed E-state index contributed by atoms with van der Waals surface area (Å²) in [6.45, 7) is 10.1. The average molecular weight is 458 g/mol. The lowest BCUT2D eigenvalue weighted by molar-refractivity contribution is -0.612. The number of aryl methyl sites for hydroxylation is 1. The first-order valence-corrected chi connectivity index (χ1v) is 11.2. The average Bonchev–Trinajstić information content (AvgIpc) is 3.37. The summed E-state index contributed by atoms with van der Waals surface area (Å²) in [7, 11) is 0. The molecule has 0 aromatic carbocycles. The molecule has 2 fully saturated rings. The van der Waals surface area contributed by atoms with Crippen LogP contribution in [-0.4, -0.2) is 42.0 Å². The van der Waals surface area contributed by atoms with Crippen LogP contribution in [0.25, 0.3) is 10.4 Å². The monoisotopic (exact) mass is 457 g/mol. The molecule has 4 heterocycles. The minimum absolute atomic E-state index is 0. The molecular weight excluding hydrogens is 425 g/mol. The summed E-state index contributed by atoms with van der Waals surface area (Å²) < 4.78 is 1.02. The molecule has 2 aromatic rings. The van der Waals surface area contributed by atoms with Crippen molar-refractivity contribution in [3.8, 4) is 10.4 Å². The van der Waals surface area contributed by atoms with Crippen molar-refractivity contribution in [2.45, 2.75) is 58.5 Å². The third-order valence-electron chi connectivity index (χ3n) is 6.26. The molecule has 0 N–H and O–H groups in total. The van der Waals surface area contributed by atoms with E-state index in [4.69, 9.17) is 0 Å². The van der Waals surface area contributed by atoms with Crippen LogP contribution in [0.15, 0.2) is 24.4 Å². The molecule has 0 aliphatic carbocycles. The molecule has 0 radical (unpaired) electrons. The van der Waals surface area contributed by atoms with Gasteiger partial charge in [0, 0.05) is 47.9 Å². The largest absolute Gasteiger partial charge is 0.618 e. The zero-order chi connectivity index (χ0) is 18.8. The van der Waals surface area contributed by atoms with Crippen molar-refractivity contribution < 1.29 is 4.73 Å². The zero-order valence-electron chi connectivity index (χ0n) is 17.4. The van der Waals surface area contributed by atoms with Crippen molar-refractivity contribution >= 4 is 36.2 Å². The highest BCUT2D eigenvalue weighted by Gasteiger charge is 2.26. The second kappa shape index (κ2) is 11.0. The minimum atomic E-state index is 0.